The molecule has 1 aromatic rings. The summed E-state index contributed by atoms with van der Waals surface area (Å²) in [4.78, 5) is 23.7. The van der Waals surface area contributed by atoms with Crippen molar-refractivity contribution in [3.8, 4) is 0 Å². The summed E-state index contributed by atoms with van der Waals surface area (Å²) in [6.45, 7) is 4.29. The highest BCUT2D eigenvalue weighted by Gasteiger charge is 2.51. The van der Waals surface area contributed by atoms with Gasteiger partial charge in [-0.15, -0.1) is 0 Å². The Morgan fingerprint density at radius 3 is 2.16 bits per heavy atom. The van der Waals surface area contributed by atoms with Crippen molar-refractivity contribution in [2.75, 3.05) is 0 Å². The molecule has 102 valence electrons. The maximum atomic E-state index is 12.3. The van der Waals surface area contributed by atoms with E-state index in [1.807, 2.05) is 12.1 Å². The summed E-state index contributed by atoms with van der Waals surface area (Å²) in [6.07, 6.45) is 2.73. The third kappa shape index (κ3) is 2.55. The van der Waals surface area contributed by atoms with Crippen LogP contribution in [-0.2, 0) is 11.2 Å². The van der Waals surface area contributed by atoms with Crippen molar-refractivity contribution in [2.24, 2.45) is 11.3 Å². The van der Waals surface area contributed by atoms with E-state index in [0.717, 1.165) is 12.8 Å². The Labute approximate surface area is 113 Å². The number of hydrogen-bond donors (Lipinski definition) is 1. The van der Waals surface area contributed by atoms with Crippen molar-refractivity contribution >= 4 is 11.8 Å². The number of carbonyl (C=O) groups is 2. The maximum absolute atomic E-state index is 12.3. The zero-order chi connectivity index (χ0) is 14.0. The molecular weight excluding hydrogens is 240 g/mol. The Morgan fingerprint density at radius 1 is 1.21 bits per heavy atom. The Hall–Kier alpha value is -1.64. The number of hydrogen-bond acceptors (Lipinski definition) is 2. The van der Waals surface area contributed by atoms with E-state index in [0.29, 0.717) is 24.3 Å². The fourth-order valence-electron chi connectivity index (χ4n) is 2.61. The van der Waals surface area contributed by atoms with E-state index in [1.165, 1.54) is 5.56 Å². The molecule has 0 amide bonds. The van der Waals surface area contributed by atoms with Gasteiger partial charge < -0.3 is 5.11 Å². The van der Waals surface area contributed by atoms with Crippen LogP contribution in [0.1, 0.15) is 49.0 Å². The minimum atomic E-state index is -1.15. The molecule has 0 aromatic heterocycles. The molecule has 0 radical (unpaired) electrons. The van der Waals surface area contributed by atoms with Crippen LogP contribution in [0.5, 0.6) is 0 Å². The van der Waals surface area contributed by atoms with Crippen molar-refractivity contribution in [3.05, 3.63) is 35.4 Å². The van der Waals surface area contributed by atoms with Crippen LogP contribution in [0.15, 0.2) is 24.3 Å². The van der Waals surface area contributed by atoms with Crippen molar-refractivity contribution in [3.63, 3.8) is 0 Å². The lowest BCUT2D eigenvalue weighted by molar-refractivity contribution is -0.150. The lowest BCUT2D eigenvalue weighted by atomic mass is 9.64. The van der Waals surface area contributed by atoms with Crippen molar-refractivity contribution in [1.29, 1.82) is 0 Å². The van der Waals surface area contributed by atoms with Crippen LogP contribution in [0, 0.1) is 11.3 Å². The first kappa shape index (κ1) is 13.8. The van der Waals surface area contributed by atoms with E-state index in [4.69, 9.17) is 0 Å². The van der Waals surface area contributed by atoms with Gasteiger partial charge in [0.15, 0.2) is 5.78 Å². The zero-order valence-corrected chi connectivity index (χ0v) is 11.5. The summed E-state index contributed by atoms with van der Waals surface area (Å²) in [5, 5.41) is 9.27. The number of aliphatic carboxylic acids is 1. The minimum absolute atomic E-state index is 0.234. The molecule has 0 spiro atoms. The molecule has 0 bridgehead atoms. The largest absolute Gasteiger partial charge is 0.480 e. The molecule has 0 heterocycles. The SMILES string of the molecule is CC(C)Cc1ccc(C(=O)C2(C(=O)O)CCC2)cc1. The molecule has 1 aromatic carbocycles. The second-order valence-corrected chi connectivity index (χ2v) is 5.86. The third-order valence-corrected chi connectivity index (χ3v) is 3.91. The van der Waals surface area contributed by atoms with Gasteiger partial charge >= 0.3 is 5.97 Å². The number of benzene rings is 1. The van der Waals surface area contributed by atoms with E-state index in [-0.39, 0.29) is 5.78 Å². The molecule has 2 rings (SSSR count). The molecule has 1 aliphatic carbocycles. The molecule has 1 fully saturated rings. The van der Waals surface area contributed by atoms with Crippen LogP contribution >= 0.6 is 0 Å². The van der Waals surface area contributed by atoms with E-state index in [2.05, 4.69) is 13.8 Å². The van der Waals surface area contributed by atoms with Crippen LogP contribution in [0.2, 0.25) is 0 Å². The number of Topliss-reactive ketones (excluding diaryl/α,β-unsaturated/α-hetero) is 1. The highest BCUT2D eigenvalue weighted by Crippen LogP contribution is 2.43. The van der Waals surface area contributed by atoms with Crippen LogP contribution in [0.3, 0.4) is 0 Å². The number of rotatable bonds is 5. The maximum Gasteiger partial charge on any atom is 0.317 e. The normalized spacial score (nSPS) is 17.0. The molecule has 0 saturated heterocycles. The van der Waals surface area contributed by atoms with Gasteiger partial charge in [-0.1, -0.05) is 44.5 Å². The van der Waals surface area contributed by atoms with Gasteiger partial charge in [0.25, 0.3) is 0 Å². The van der Waals surface area contributed by atoms with Crippen molar-refractivity contribution in [1.82, 2.24) is 0 Å². The number of ketones is 1. The first-order valence-corrected chi connectivity index (χ1v) is 6.83. The second kappa shape index (κ2) is 5.16. The van der Waals surface area contributed by atoms with Gasteiger partial charge in [-0.05, 0) is 30.7 Å². The minimum Gasteiger partial charge on any atom is -0.480 e. The van der Waals surface area contributed by atoms with E-state index < -0.39 is 11.4 Å². The van der Waals surface area contributed by atoms with Crippen molar-refractivity contribution < 1.29 is 14.7 Å². The summed E-state index contributed by atoms with van der Waals surface area (Å²) < 4.78 is 0. The molecule has 3 nitrogen and oxygen atoms in total. The molecule has 0 atom stereocenters. The van der Waals surface area contributed by atoms with Crippen LogP contribution < -0.4 is 0 Å². The second-order valence-electron chi connectivity index (χ2n) is 5.86. The van der Waals surface area contributed by atoms with E-state index in [1.54, 1.807) is 12.1 Å². The Balaban J connectivity index is 2.18. The van der Waals surface area contributed by atoms with E-state index in [9.17, 15) is 14.7 Å². The van der Waals surface area contributed by atoms with Gasteiger partial charge in [0.2, 0.25) is 0 Å². The third-order valence-electron chi connectivity index (χ3n) is 3.91. The van der Waals surface area contributed by atoms with Crippen LogP contribution in [-0.4, -0.2) is 16.9 Å². The van der Waals surface area contributed by atoms with Gasteiger partial charge in [0.1, 0.15) is 5.41 Å². The Kier molecular flexibility index (Phi) is 3.74. The number of carboxylic acids is 1. The van der Waals surface area contributed by atoms with Gasteiger partial charge in [-0.25, -0.2) is 0 Å². The molecule has 19 heavy (non-hydrogen) atoms. The fourth-order valence-corrected chi connectivity index (χ4v) is 2.61. The monoisotopic (exact) mass is 260 g/mol. The lowest BCUT2D eigenvalue weighted by Gasteiger charge is -2.35. The van der Waals surface area contributed by atoms with E-state index >= 15 is 0 Å². The highest BCUT2D eigenvalue weighted by molar-refractivity contribution is 6.12. The first-order chi connectivity index (χ1) is 8.95. The fraction of sp³-hybridized carbons (Fsp3) is 0.500. The molecule has 0 aliphatic heterocycles. The Morgan fingerprint density at radius 2 is 1.79 bits per heavy atom. The summed E-state index contributed by atoms with van der Waals surface area (Å²) in [6, 6.07) is 7.40. The van der Waals surface area contributed by atoms with Gasteiger partial charge in [-0.2, -0.15) is 0 Å². The molecule has 1 aliphatic rings. The standard InChI is InChI=1S/C16H20O3/c1-11(2)10-12-4-6-13(7-5-12)14(17)16(15(18)19)8-3-9-16/h4-7,11H,3,8-10H2,1-2H3,(H,18,19). The molecule has 3 heteroatoms. The predicted octanol–water partition coefficient (Wildman–Crippen LogP) is 3.32. The molecular formula is C16H20O3. The summed E-state index contributed by atoms with van der Waals surface area (Å²) in [5.74, 6) is -0.643. The lowest BCUT2D eigenvalue weighted by Crippen LogP contribution is -2.45. The molecule has 0 unspecified atom stereocenters. The summed E-state index contributed by atoms with van der Waals surface area (Å²) in [7, 11) is 0. The number of carbonyl (C=O) groups excluding carboxylic acids is 1. The van der Waals surface area contributed by atoms with Gasteiger partial charge in [0.05, 0.1) is 0 Å². The van der Waals surface area contributed by atoms with Crippen molar-refractivity contribution in [2.45, 2.75) is 39.5 Å². The van der Waals surface area contributed by atoms with Gasteiger partial charge in [0, 0.05) is 5.56 Å². The predicted molar refractivity (Wildman–Crippen MR) is 73.2 cm³/mol. The quantitative estimate of drug-likeness (QED) is 0.652. The number of carboxylic acid groups (broad SMARTS) is 1. The van der Waals surface area contributed by atoms with Crippen LogP contribution in [0.25, 0.3) is 0 Å². The summed E-state index contributed by atoms with van der Waals surface area (Å²) in [5.41, 5.74) is 0.554. The van der Waals surface area contributed by atoms with Crippen LogP contribution in [0.4, 0.5) is 0 Å². The van der Waals surface area contributed by atoms with Gasteiger partial charge in [-0.3, -0.25) is 9.59 Å². The molecule has 1 saturated carbocycles. The average Bonchev–Trinajstić information content (AvgIpc) is 2.26. The first-order valence-electron chi connectivity index (χ1n) is 6.83. The molecule has 1 N–H and O–H groups in total. The topological polar surface area (TPSA) is 54.4 Å². The highest BCUT2D eigenvalue weighted by atomic mass is 16.4. The smallest absolute Gasteiger partial charge is 0.317 e. The average molecular weight is 260 g/mol. The zero-order valence-electron chi connectivity index (χ0n) is 11.5. The Bertz CT molecular complexity index is 481. The summed E-state index contributed by atoms with van der Waals surface area (Å²) >= 11 is 0.